The minimum atomic E-state index is -4.99. The third kappa shape index (κ3) is 73.8. The van der Waals surface area contributed by atoms with Crippen LogP contribution >= 0.6 is 15.6 Å². The lowest BCUT2D eigenvalue weighted by Gasteiger charge is -2.21. The monoisotopic (exact) mass is 1470 g/mol. The Hall–Kier alpha value is -4.54. The molecule has 0 heterocycles. The number of ether oxygens (including phenoxy) is 4. The van der Waals surface area contributed by atoms with Crippen molar-refractivity contribution in [1.29, 1.82) is 0 Å². The van der Waals surface area contributed by atoms with Crippen LogP contribution in [0.1, 0.15) is 323 Å². The number of carbonyl (C=O) groups excluding carboxylic acids is 4. The van der Waals surface area contributed by atoms with Crippen molar-refractivity contribution < 1.29 is 80.2 Å². The molecular formula is C83H142O17P2. The maximum Gasteiger partial charge on any atom is 0.472 e. The molecule has 5 unspecified atom stereocenters. The van der Waals surface area contributed by atoms with Gasteiger partial charge in [0.1, 0.15) is 19.3 Å². The molecule has 0 fully saturated rings. The number of esters is 4. The van der Waals surface area contributed by atoms with Crippen LogP contribution in [0.5, 0.6) is 0 Å². The van der Waals surface area contributed by atoms with Gasteiger partial charge in [-0.15, -0.1) is 0 Å². The number of carbonyl (C=O) groups is 4. The molecule has 0 radical (unpaired) electrons. The van der Waals surface area contributed by atoms with E-state index in [-0.39, 0.29) is 25.7 Å². The molecule has 0 aliphatic rings. The second-order valence-electron chi connectivity index (χ2n) is 26.2. The molecule has 0 aliphatic heterocycles. The SMILES string of the molecule is CC/C=C\C/C=C\C/C=C\C/C=C\C/C=C\C/C=C\CCC(=O)OCC(COP(=O)(O)OCC(O)COP(=O)(O)OCC(COC(=O)CCCCCCC/C=C\C/C=C\C/C=C\CC)OC(=O)CCCCCCC/C=C\CCCCCCCC)OC(=O)CCCCCCCCCCCCCCC. The molecule has 0 saturated carbocycles. The largest absolute Gasteiger partial charge is 0.472 e. The molecule has 0 saturated heterocycles. The van der Waals surface area contributed by atoms with Crippen LogP contribution in [0.25, 0.3) is 0 Å². The van der Waals surface area contributed by atoms with E-state index in [2.05, 4.69) is 131 Å². The molecule has 0 spiro atoms. The topological polar surface area (TPSA) is 237 Å². The number of hydrogen-bond donors (Lipinski definition) is 3. The molecule has 0 bridgehead atoms. The van der Waals surface area contributed by atoms with Gasteiger partial charge in [0.15, 0.2) is 12.2 Å². The number of aliphatic hydroxyl groups excluding tert-OH is 1. The summed E-state index contributed by atoms with van der Waals surface area (Å²) in [5, 5.41) is 10.6. The third-order valence-electron chi connectivity index (χ3n) is 16.4. The van der Waals surface area contributed by atoms with Gasteiger partial charge in [0.2, 0.25) is 0 Å². The summed E-state index contributed by atoms with van der Waals surface area (Å²) in [6.45, 7) is 4.55. The standard InChI is InChI=1S/C83H142O17P2/c1-5-9-13-17-21-25-29-33-36-37-38-39-42-45-48-52-56-60-64-68-81(86)94-73-78(99-82(87)69-65-61-57-53-49-43-32-28-24-20-16-12-8-4)75-97-101(89,90)95-71-77(84)72-96-102(91,92)98-76-79(100-83(88)70-66-62-58-54-50-46-41-35-31-27-23-19-15-11-7-3)74-93-80(85)67-63-59-55-51-47-44-40-34-30-26-22-18-14-10-6-2/h9-10,13-14,21-22,25-26,33-36,38-41,45,48,56,60,77-79,84H,5-8,11-12,15-20,23-24,27-32,37,42-44,46-47,49-55,57-59,61-76H2,1-4H3,(H,89,90)(H,91,92)/b13-9-,14-10-,25-21-,26-22-,36-33-,39-38-,40-34-,41-35-,48-45-,60-56-. The Bertz CT molecular complexity index is 2410. The highest BCUT2D eigenvalue weighted by molar-refractivity contribution is 7.47. The fourth-order valence-corrected chi connectivity index (χ4v) is 12.0. The van der Waals surface area contributed by atoms with Gasteiger partial charge in [-0.1, -0.05) is 297 Å². The summed E-state index contributed by atoms with van der Waals surface area (Å²) < 4.78 is 68.5. The summed E-state index contributed by atoms with van der Waals surface area (Å²) in [5.41, 5.74) is 0. The lowest BCUT2D eigenvalue weighted by molar-refractivity contribution is -0.161. The van der Waals surface area contributed by atoms with Crippen LogP contribution in [0.4, 0.5) is 0 Å². The summed E-state index contributed by atoms with van der Waals surface area (Å²) in [4.78, 5) is 72.9. The number of phosphoric ester groups is 2. The van der Waals surface area contributed by atoms with E-state index in [1.165, 1.54) is 89.9 Å². The van der Waals surface area contributed by atoms with Crippen LogP contribution in [0, 0.1) is 0 Å². The van der Waals surface area contributed by atoms with Crippen molar-refractivity contribution in [2.24, 2.45) is 0 Å². The van der Waals surface area contributed by atoms with Crippen molar-refractivity contribution in [2.45, 2.75) is 341 Å². The average molecular weight is 1470 g/mol. The minimum Gasteiger partial charge on any atom is -0.462 e. The highest BCUT2D eigenvalue weighted by Gasteiger charge is 2.30. The molecule has 0 aromatic heterocycles. The Morgan fingerprint density at radius 2 is 0.529 bits per heavy atom. The van der Waals surface area contributed by atoms with E-state index in [4.69, 9.17) is 37.0 Å². The van der Waals surface area contributed by atoms with Crippen LogP contribution in [0.2, 0.25) is 0 Å². The fourth-order valence-electron chi connectivity index (χ4n) is 10.4. The van der Waals surface area contributed by atoms with Crippen molar-refractivity contribution in [1.82, 2.24) is 0 Å². The van der Waals surface area contributed by atoms with Crippen molar-refractivity contribution >= 4 is 39.5 Å². The fraction of sp³-hybridized carbons (Fsp3) is 0.711. The van der Waals surface area contributed by atoms with Crippen molar-refractivity contribution in [3.63, 3.8) is 0 Å². The van der Waals surface area contributed by atoms with E-state index in [0.29, 0.717) is 32.1 Å². The number of unbranched alkanes of at least 4 members (excludes halogenated alkanes) is 28. The molecule has 19 heteroatoms. The lowest BCUT2D eigenvalue weighted by Crippen LogP contribution is -2.30. The Labute approximate surface area is 619 Å². The first-order chi connectivity index (χ1) is 49.7. The molecule has 0 aliphatic carbocycles. The highest BCUT2D eigenvalue weighted by Crippen LogP contribution is 2.45. The lowest BCUT2D eigenvalue weighted by atomic mass is 10.0. The maximum absolute atomic E-state index is 13.1. The van der Waals surface area contributed by atoms with Gasteiger partial charge in [-0.05, 0) is 122 Å². The molecule has 102 heavy (non-hydrogen) atoms. The van der Waals surface area contributed by atoms with Crippen LogP contribution in [-0.4, -0.2) is 96.7 Å². The molecule has 3 N–H and O–H groups in total. The van der Waals surface area contributed by atoms with Crippen molar-refractivity contribution in [3.05, 3.63) is 122 Å². The molecule has 0 rings (SSSR count). The van der Waals surface area contributed by atoms with Gasteiger partial charge in [0.05, 0.1) is 26.4 Å². The van der Waals surface area contributed by atoms with Crippen LogP contribution in [0.3, 0.4) is 0 Å². The summed E-state index contributed by atoms with van der Waals surface area (Å²) >= 11 is 0. The molecule has 17 nitrogen and oxygen atoms in total. The van der Waals surface area contributed by atoms with Gasteiger partial charge in [-0.2, -0.15) is 0 Å². The highest BCUT2D eigenvalue weighted by atomic mass is 31.2. The Balaban J connectivity index is 5.42. The predicted octanol–water partition coefficient (Wildman–Crippen LogP) is 23.1. The molecule has 0 aromatic rings. The smallest absolute Gasteiger partial charge is 0.462 e. The molecule has 586 valence electrons. The first-order valence-corrected chi connectivity index (χ1v) is 42.8. The van der Waals surface area contributed by atoms with E-state index >= 15 is 0 Å². The number of phosphoric acid groups is 2. The first kappa shape index (κ1) is 97.5. The number of allylic oxidation sites excluding steroid dienone is 20. The van der Waals surface area contributed by atoms with Gasteiger partial charge >= 0.3 is 39.5 Å². The quantitative estimate of drug-likeness (QED) is 0.0169. The van der Waals surface area contributed by atoms with E-state index in [1.54, 1.807) is 0 Å². The number of aliphatic hydroxyl groups is 1. The zero-order chi connectivity index (χ0) is 74.6. The minimum absolute atomic E-state index is 0.0360. The molecule has 5 atom stereocenters. The average Bonchev–Trinajstić information content (AvgIpc) is 0.908. The van der Waals surface area contributed by atoms with E-state index in [0.717, 1.165) is 148 Å². The van der Waals surface area contributed by atoms with E-state index in [1.807, 2.05) is 18.2 Å². The summed E-state index contributed by atoms with van der Waals surface area (Å²) in [5.74, 6) is -2.29. The van der Waals surface area contributed by atoms with Gasteiger partial charge in [-0.3, -0.25) is 37.3 Å². The predicted molar refractivity (Wildman–Crippen MR) is 418 cm³/mol. The van der Waals surface area contributed by atoms with Gasteiger partial charge in [-0.25, -0.2) is 9.13 Å². The number of hydrogen-bond acceptors (Lipinski definition) is 15. The van der Waals surface area contributed by atoms with Gasteiger partial charge in [0, 0.05) is 25.7 Å². The van der Waals surface area contributed by atoms with Crippen LogP contribution in [-0.2, 0) is 65.4 Å². The third-order valence-corrected chi connectivity index (χ3v) is 18.3. The van der Waals surface area contributed by atoms with Gasteiger partial charge < -0.3 is 33.8 Å². The van der Waals surface area contributed by atoms with Crippen LogP contribution < -0.4 is 0 Å². The van der Waals surface area contributed by atoms with Crippen LogP contribution in [0.15, 0.2) is 122 Å². The second-order valence-corrected chi connectivity index (χ2v) is 29.2. The Morgan fingerprint density at radius 1 is 0.284 bits per heavy atom. The molecular weight excluding hydrogens is 1330 g/mol. The molecule has 0 amide bonds. The summed E-state index contributed by atoms with van der Waals surface area (Å²) in [6, 6.07) is 0. The zero-order valence-electron chi connectivity index (χ0n) is 64.0. The second kappa shape index (κ2) is 74.7. The normalized spacial score (nSPS) is 14.5. The summed E-state index contributed by atoms with van der Waals surface area (Å²) in [7, 11) is -9.98. The maximum atomic E-state index is 13.1. The van der Waals surface area contributed by atoms with E-state index in [9.17, 15) is 43.2 Å². The zero-order valence-corrected chi connectivity index (χ0v) is 65.8. The van der Waals surface area contributed by atoms with Crippen molar-refractivity contribution in [3.8, 4) is 0 Å². The van der Waals surface area contributed by atoms with E-state index < -0.39 is 97.5 Å². The number of rotatable bonds is 74. The Kier molecular flexibility index (Phi) is 71.4. The first-order valence-electron chi connectivity index (χ1n) is 39.8. The summed E-state index contributed by atoms with van der Waals surface area (Å²) in [6.07, 6.45) is 81.9. The van der Waals surface area contributed by atoms with Gasteiger partial charge in [0.25, 0.3) is 0 Å². The Morgan fingerprint density at radius 3 is 0.853 bits per heavy atom. The molecule has 0 aromatic carbocycles. The van der Waals surface area contributed by atoms with Crippen molar-refractivity contribution in [2.75, 3.05) is 39.6 Å².